The van der Waals surface area contributed by atoms with E-state index in [4.69, 9.17) is 9.47 Å². The number of benzene rings is 4. The van der Waals surface area contributed by atoms with Gasteiger partial charge in [-0.3, -0.25) is 14.9 Å². The van der Waals surface area contributed by atoms with Crippen LogP contribution in [0.1, 0.15) is 16.7 Å². The molecule has 192 valence electrons. The van der Waals surface area contributed by atoms with E-state index in [1.165, 1.54) is 0 Å². The molecular formula is C32H24N2O4S. The van der Waals surface area contributed by atoms with Crippen molar-refractivity contribution in [3.63, 3.8) is 0 Å². The Morgan fingerprint density at radius 3 is 2.28 bits per heavy atom. The molecule has 6 rings (SSSR count). The average molecular weight is 533 g/mol. The molecule has 0 saturated carbocycles. The minimum absolute atomic E-state index is 0.364. The summed E-state index contributed by atoms with van der Waals surface area (Å²) in [6, 6.07) is 33.6. The smallest absolute Gasteiger partial charge is 0.290 e. The van der Waals surface area contributed by atoms with E-state index in [9.17, 15) is 9.59 Å². The Labute approximate surface area is 229 Å². The fourth-order valence-corrected chi connectivity index (χ4v) is 5.21. The number of rotatable bonds is 8. The molecule has 1 fully saturated rings. The summed E-state index contributed by atoms with van der Waals surface area (Å²) in [7, 11) is 0. The monoisotopic (exact) mass is 532 g/mol. The molecule has 1 aliphatic heterocycles. The van der Waals surface area contributed by atoms with Crippen molar-refractivity contribution in [3.05, 3.63) is 131 Å². The lowest BCUT2D eigenvalue weighted by Gasteiger charge is -2.13. The number of ether oxygens (including phenoxy) is 2. The van der Waals surface area contributed by atoms with Gasteiger partial charge in [0.2, 0.25) is 0 Å². The van der Waals surface area contributed by atoms with E-state index < -0.39 is 0 Å². The van der Waals surface area contributed by atoms with Crippen LogP contribution in [-0.4, -0.2) is 15.7 Å². The Morgan fingerprint density at radius 1 is 0.795 bits per heavy atom. The van der Waals surface area contributed by atoms with Crippen LogP contribution in [0.25, 0.3) is 17.0 Å². The van der Waals surface area contributed by atoms with Gasteiger partial charge in [-0.2, -0.15) is 0 Å². The lowest BCUT2D eigenvalue weighted by molar-refractivity contribution is -0.115. The predicted molar refractivity (Wildman–Crippen MR) is 154 cm³/mol. The van der Waals surface area contributed by atoms with Crippen LogP contribution in [0.15, 0.2) is 114 Å². The summed E-state index contributed by atoms with van der Waals surface area (Å²) in [5, 5.41) is 2.89. The molecule has 0 unspecified atom stereocenters. The number of aromatic nitrogens is 1. The summed E-state index contributed by atoms with van der Waals surface area (Å²) >= 11 is 0.909. The third-order valence-corrected chi connectivity index (χ3v) is 7.10. The Kier molecular flexibility index (Phi) is 6.89. The number of carbonyl (C=O) groups excluding carboxylic acids is 2. The maximum absolute atomic E-state index is 12.3. The van der Waals surface area contributed by atoms with Gasteiger partial charge in [-0.1, -0.05) is 72.8 Å². The molecule has 7 heteroatoms. The number of carbonyl (C=O) groups is 2. The third kappa shape index (κ3) is 5.58. The van der Waals surface area contributed by atoms with Crippen LogP contribution in [0.4, 0.5) is 4.79 Å². The van der Waals surface area contributed by atoms with Crippen molar-refractivity contribution < 1.29 is 19.1 Å². The van der Waals surface area contributed by atoms with E-state index in [2.05, 4.69) is 9.88 Å². The van der Waals surface area contributed by atoms with Gasteiger partial charge >= 0.3 is 0 Å². The number of hydrogen-bond acceptors (Lipinski definition) is 5. The number of imide groups is 1. The fourth-order valence-electron chi connectivity index (χ4n) is 4.54. The van der Waals surface area contributed by atoms with Gasteiger partial charge in [-0.15, -0.1) is 0 Å². The molecule has 6 nitrogen and oxygen atoms in total. The van der Waals surface area contributed by atoms with E-state index >= 15 is 0 Å². The highest BCUT2D eigenvalue weighted by molar-refractivity contribution is 8.18. The van der Waals surface area contributed by atoms with Crippen molar-refractivity contribution >= 4 is 39.9 Å². The van der Waals surface area contributed by atoms with Crippen LogP contribution in [-0.2, 0) is 17.9 Å². The number of nitrogens with zero attached hydrogens (tertiary/aromatic N) is 1. The zero-order valence-corrected chi connectivity index (χ0v) is 21.7. The van der Waals surface area contributed by atoms with Crippen molar-refractivity contribution in [2.45, 2.75) is 13.2 Å². The summed E-state index contributed by atoms with van der Waals surface area (Å²) in [4.78, 5) is 24.4. The Hall–Kier alpha value is -4.75. The summed E-state index contributed by atoms with van der Waals surface area (Å²) < 4.78 is 14.5. The highest BCUT2D eigenvalue weighted by atomic mass is 32.2. The summed E-state index contributed by atoms with van der Waals surface area (Å²) in [5.41, 5.74) is 3.85. The lowest BCUT2D eigenvalue weighted by atomic mass is 10.1. The fraction of sp³-hybridized carbons (Fsp3) is 0.0625. The van der Waals surface area contributed by atoms with Gasteiger partial charge in [-0.05, 0) is 59.3 Å². The molecule has 1 aliphatic rings. The molecule has 0 spiro atoms. The van der Waals surface area contributed by atoms with E-state index in [-0.39, 0.29) is 11.1 Å². The first-order chi connectivity index (χ1) is 19.1. The van der Waals surface area contributed by atoms with Gasteiger partial charge in [0.15, 0.2) is 0 Å². The van der Waals surface area contributed by atoms with E-state index in [0.717, 1.165) is 56.6 Å². The van der Waals surface area contributed by atoms with Crippen LogP contribution in [0, 0.1) is 0 Å². The van der Waals surface area contributed by atoms with Crippen molar-refractivity contribution in [1.29, 1.82) is 0 Å². The molecule has 0 atom stereocenters. The Balaban J connectivity index is 1.37. The van der Waals surface area contributed by atoms with Crippen molar-refractivity contribution in [2.24, 2.45) is 0 Å². The number of fused-ring (bicyclic) bond motifs is 1. The normalized spacial score (nSPS) is 14.1. The average Bonchev–Trinajstić information content (AvgIpc) is 3.47. The van der Waals surface area contributed by atoms with Gasteiger partial charge in [0, 0.05) is 23.7 Å². The molecule has 0 bridgehead atoms. The quantitative estimate of drug-likeness (QED) is 0.211. The van der Waals surface area contributed by atoms with Crippen molar-refractivity contribution in [3.8, 4) is 17.2 Å². The first-order valence-electron chi connectivity index (χ1n) is 12.5. The number of nitrogens with one attached hydrogen (secondary N) is 1. The molecule has 2 amide bonds. The van der Waals surface area contributed by atoms with Crippen LogP contribution in [0.2, 0.25) is 0 Å². The summed E-state index contributed by atoms with van der Waals surface area (Å²) in [6.07, 6.45) is 3.76. The molecule has 1 saturated heterocycles. The van der Waals surface area contributed by atoms with Crippen LogP contribution in [0.5, 0.6) is 17.2 Å². The first kappa shape index (κ1) is 24.6. The molecule has 5 aromatic rings. The Morgan fingerprint density at radius 2 is 1.51 bits per heavy atom. The number of amides is 2. The molecule has 1 aromatic heterocycles. The molecule has 0 radical (unpaired) electrons. The second-order valence-corrected chi connectivity index (χ2v) is 10.1. The van der Waals surface area contributed by atoms with Crippen molar-refractivity contribution in [2.75, 3.05) is 0 Å². The SMILES string of the molecule is O=C1NC(=O)C(=Cc2cn(Cc3cccc(Oc4ccccc4)c3)c3c(OCc4ccccc4)cccc23)S1. The van der Waals surface area contributed by atoms with Gasteiger partial charge in [-0.25, -0.2) is 0 Å². The maximum Gasteiger partial charge on any atom is 0.290 e. The first-order valence-corrected chi connectivity index (χ1v) is 13.3. The largest absolute Gasteiger partial charge is 0.487 e. The Bertz CT molecular complexity index is 1690. The molecule has 0 aliphatic carbocycles. The van der Waals surface area contributed by atoms with Gasteiger partial charge in [0.1, 0.15) is 23.9 Å². The summed E-state index contributed by atoms with van der Waals surface area (Å²) in [5.74, 6) is 1.87. The molecule has 39 heavy (non-hydrogen) atoms. The van der Waals surface area contributed by atoms with Gasteiger partial charge in [0.25, 0.3) is 11.1 Å². The molecule has 4 aromatic carbocycles. The van der Waals surface area contributed by atoms with Gasteiger partial charge in [0.05, 0.1) is 10.4 Å². The standard InChI is InChI=1S/C32H24N2O4S/c35-31-29(39-32(36)33-31)18-24-20-34(19-23-11-7-14-26(17-23)38-25-12-5-2-6-13-25)30-27(24)15-8-16-28(30)37-21-22-9-3-1-4-10-22/h1-18,20H,19,21H2,(H,33,35,36). The number of hydrogen-bond donors (Lipinski definition) is 1. The van der Waals surface area contributed by atoms with Gasteiger partial charge < -0.3 is 14.0 Å². The van der Waals surface area contributed by atoms with E-state index in [1.807, 2.05) is 109 Å². The third-order valence-electron chi connectivity index (χ3n) is 6.29. The minimum Gasteiger partial charge on any atom is -0.487 e. The number of thioether (sulfide) groups is 1. The van der Waals surface area contributed by atoms with Crippen LogP contribution < -0.4 is 14.8 Å². The van der Waals surface area contributed by atoms with E-state index in [0.29, 0.717) is 18.1 Å². The predicted octanol–water partition coefficient (Wildman–Crippen LogP) is 7.38. The summed E-state index contributed by atoms with van der Waals surface area (Å²) in [6.45, 7) is 0.977. The minimum atomic E-state index is -0.381. The maximum atomic E-state index is 12.3. The van der Waals surface area contributed by atoms with Crippen LogP contribution in [0.3, 0.4) is 0 Å². The zero-order chi connectivity index (χ0) is 26.6. The zero-order valence-electron chi connectivity index (χ0n) is 20.9. The molecule has 1 N–H and O–H groups in total. The van der Waals surface area contributed by atoms with E-state index in [1.54, 1.807) is 6.08 Å². The number of para-hydroxylation sites is 2. The van der Waals surface area contributed by atoms with Crippen molar-refractivity contribution in [1.82, 2.24) is 9.88 Å². The second-order valence-electron chi connectivity index (χ2n) is 9.05. The second kappa shape index (κ2) is 10.9. The molecule has 2 heterocycles. The van der Waals surface area contributed by atoms with Crippen LogP contribution >= 0.6 is 11.8 Å². The highest BCUT2D eigenvalue weighted by Gasteiger charge is 2.26. The lowest BCUT2D eigenvalue weighted by Crippen LogP contribution is -2.17. The molecular weight excluding hydrogens is 508 g/mol. The highest BCUT2D eigenvalue weighted by Crippen LogP contribution is 2.35. The topological polar surface area (TPSA) is 69.6 Å².